The lowest BCUT2D eigenvalue weighted by atomic mass is 10.2. The molecule has 0 radical (unpaired) electrons. The third kappa shape index (κ3) is 3.14. The Hall–Kier alpha value is -0.720. The Kier molecular flexibility index (Phi) is 3.96. The predicted molar refractivity (Wildman–Crippen MR) is 68.7 cm³/mol. The fourth-order valence-electron chi connectivity index (χ4n) is 2.40. The van der Waals surface area contributed by atoms with Crippen molar-refractivity contribution in [1.29, 1.82) is 0 Å². The van der Waals surface area contributed by atoms with Crippen molar-refractivity contribution in [2.45, 2.75) is 37.6 Å². The number of nitrogens with zero attached hydrogens (tertiary/aromatic N) is 2. The van der Waals surface area contributed by atoms with Crippen LogP contribution in [0.25, 0.3) is 0 Å². The summed E-state index contributed by atoms with van der Waals surface area (Å²) in [4.78, 5) is 15.2. The molecule has 2 saturated heterocycles. The number of carbonyl (C=O) groups is 1. The highest BCUT2D eigenvalue weighted by atomic mass is 35.5. The average Bonchev–Trinajstić information content (AvgIpc) is 2.81. The highest BCUT2D eigenvalue weighted by molar-refractivity contribution is 6.23. The third-order valence-electron chi connectivity index (χ3n) is 3.56. The first-order valence-corrected chi connectivity index (χ1v) is 6.65. The first-order valence-electron chi connectivity index (χ1n) is 6.27. The first kappa shape index (κ1) is 12.7. The predicted octanol–water partition coefficient (Wildman–Crippen LogP) is 1.66. The van der Waals surface area contributed by atoms with Gasteiger partial charge in [-0.25, -0.2) is 0 Å². The van der Waals surface area contributed by atoms with Gasteiger partial charge in [-0.2, -0.15) is 0 Å². The normalized spacial score (nSPS) is 29.5. The monoisotopic (exact) mass is 254 g/mol. The van der Waals surface area contributed by atoms with E-state index in [0.717, 1.165) is 32.4 Å². The molecule has 0 bridgehead atoms. The van der Waals surface area contributed by atoms with Crippen molar-refractivity contribution >= 4 is 17.5 Å². The maximum absolute atomic E-state index is 11.4. The Bertz CT molecular complexity index is 356. The van der Waals surface area contributed by atoms with Crippen molar-refractivity contribution in [1.82, 2.24) is 9.80 Å². The molecular weight excluding hydrogens is 236 g/mol. The topological polar surface area (TPSA) is 23.6 Å². The van der Waals surface area contributed by atoms with Crippen LogP contribution in [0.4, 0.5) is 0 Å². The van der Waals surface area contributed by atoms with Crippen LogP contribution in [0.2, 0.25) is 0 Å². The Morgan fingerprint density at radius 1 is 1.29 bits per heavy atom. The quantitative estimate of drug-likeness (QED) is 0.425. The van der Waals surface area contributed by atoms with Gasteiger partial charge in [0.25, 0.3) is 0 Å². The van der Waals surface area contributed by atoms with E-state index in [1.165, 1.54) is 0 Å². The molecule has 2 heterocycles. The van der Waals surface area contributed by atoms with Gasteiger partial charge in [-0.1, -0.05) is 11.8 Å². The lowest BCUT2D eigenvalue weighted by Crippen LogP contribution is -2.36. The standard InChI is InChI=1S/C13H19ClN2O/c1-13(14)7-5-11-16(13)10-3-2-8-15-9-4-6-12(15)17/h4-11H2,1H3. The zero-order chi connectivity index (χ0) is 12.3. The minimum atomic E-state index is -0.224. The summed E-state index contributed by atoms with van der Waals surface area (Å²) in [6, 6.07) is 0. The number of carbonyl (C=O) groups excluding carboxylic acids is 1. The summed E-state index contributed by atoms with van der Waals surface area (Å²) in [5.41, 5.74) is 0. The number of amides is 1. The second-order valence-corrected chi connectivity index (χ2v) is 5.75. The fraction of sp³-hybridized carbons (Fsp3) is 0.769. The minimum absolute atomic E-state index is 0.224. The number of likely N-dealkylation sites (tertiary alicyclic amines) is 2. The Labute approximate surface area is 108 Å². The smallest absolute Gasteiger partial charge is 0.223 e. The van der Waals surface area contributed by atoms with Gasteiger partial charge in [0.1, 0.15) is 0 Å². The van der Waals surface area contributed by atoms with Crippen molar-refractivity contribution in [3.05, 3.63) is 0 Å². The van der Waals surface area contributed by atoms with E-state index >= 15 is 0 Å². The molecule has 0 aliphatic carbocycles. The molecule has 2 fully saturated rings. The number of halogens is 1. The van der Waals surface area contributed by atoms with Crippen LogP contribution in [0.5, 0.6) is 0 Å². The molecule has 0 aromatic rings. The lowest BCUT2D eigenvalue weighted by Gasteiger charge is -2.26. The second kappa shape index (κ2) is 5.29. The molecule has 1 atom stereocenters. The van der Waals surface area contributed by atoms with Gasteiger partial charge in [-0.15, -0.1) is 11.6 Å². The highest BCUT2D eigenvalue weighted by Crippen LogP contribution is 2.31. The van der Waals surface area contributed by atoms with Crippen LogP contribution in [0.3, 0.4) is 0 Å². The average molecular weight is 255 g/mol. The van der Waals surface area contributed by atoms with E-state index in [4.69, 9.17) is 11.6 Å². The van der Waals surface area contributed by atoms with Crippen molar-refractivity contribution in [2.24, 2.45) is 0 Å². The summed E-state index contributed by atoms with van der Waals surface area (Å²) >= 11 is 6.36. The maximum Gasteiger partial charge on any atom is 0.223 e. The molecule has 1 unspecified atom stereocenters. The van der Waals surface area contributed by atoms with Crippen LogP contribution < -0.4 is 0 Å². The number of alkyl halides is 1. The van der Waals surface area contributed by atoms with E-state index in [0.29, 0.717) is 19.5 Å². The van der Waals surface area contributed by atoms with Gasteiger partial charge < -0.3 is 4.90 Å². The minimum Gasteiger partial charge on any atom is -0.332 e. The number of hydrogen-bond donors (Lipinski definition) is 0. The molecule has 2 aliphatic rings. The van der Waals surface area contributed by atoms with Gasteiger partial charge in [-0.3, -0.25) is 9.69 Å². The summed E-state index contributed by atoms with van der Waals surface area (Å²) in [5, 5.41) is 0. The van der Waals surface area contributed by atoms with Crippen LogP contribution >= 0.6 is 11.6 Å². The second-order valence-electron chi connectivity index (χ2n) is 4.94. The van der Waals surface area contributed by atoms with E-state index in [2.05, 4.69) is 16.7 Å². The van der Waals surface area contributed by atoms with Gasteiger partial charge in [-0.05, 0) is 26.2 Å². The molecule has 1 amide bonds. The van der Waals surface area contributed by atoms with Crippen LogP contribution in [-0.4, -0.2) is 46.9 Å². The number of hydrogen-bond acceptors (Lipinski definition) is 2. The van der Waals surface area contributed by atoms with Gasteiger partial charge in [0.05, 0.1) is 18.1 Å². The molecule has 17 heavy (non-hydrogen) atoms. The molecular formula is C13H19ClN2O. The van der Waals surface area contributed by atoms with Gasteiger partial charge >= 0.3 is 0 Å². The van der Waals surface area contributed by atoms with E-state index in [-0.39, 0.29) is 10.9 Å². The van der Waals surface area contributed by atoms with Gasteiger partial charge in [0.15, 0.2) is 0 Å². The molecule has 94 valence electrons. The van der Waals surface area contributed by atoms with E-state index in [9.17, 15) is 4.79 Å². The Morgan fingerprint density at radius 3 is 2.65 bits per heavy atom. The lowest BCUT2D eigenvalue weighted by molar-refractivity contribution is -0.127. The van der Waals surface area contributed by atoms with E-state index in [1.54, 1.807) is 0 Å². The molecule has 2 rings (SSSR count). The zero-order valence-corrected chi connectivity index (χ0v) is 11.1. The third-order valence-corrected chi connectivity index (χ3v) is 3.98. The van der Waals surface area contributed by atoms with Crippen LogP contribution in [0, 0.1) is 11.8 Å². The van der Waals surface area contributed by atoms with Crippen LogP contribution in [0.15, 0.2) is 0 Å². The van der Waals surface area contributed by atoms with Gasteiger partial charge in [0.2, 0.25) is 5.91 Å². The van der Waals surface area contributed by atoms with Crippen molar-refractivity contribution < 1.29 is 4.79 Å². The number of rotatable bonds is 2. The van der Waals surface area contributed by atoms with Crippen molar-refractivity contribution in [3.63, 3.8) is 0 Å². The molecule has 0 spiro atoms. The first-order chi connectivity index (χ1) is 8.09. The molecule has 3 nitrogen and oxygen atoms in total. The van der Waals surface area contributed by atoms with Crippen molar-refractivity contribution in [2.75, 3.05) is 26.2 Å². The largest absolute Gasteiger partial charge is 0.332 e. The zero-order valence-electron chi connectivity index (χ0n) is 10.3. The van der Waals surface area contributed by atoms with Crippen LogP contribution in [0.1, 0.15) is 32.6 Å². The summed E-state index contributed by atoms with van der Waals surface area (Å²) < 4.78 is 0. The van der Waals surface area contributed by atoms with Gasteiger partial charge in [0, 0.05) is 19.5 Å². The molecule has 0 aromatic carbocycles. The van der Waals surface area contributed by atoms with Crippen LogP contribution in [-0.2, 0) is 4.79 Å². The highest BCUT2D eigenvalue weighted by Gasteiger charge is 2.33. The van der Waals surface area contributed by atoms with E-state index in [1.807, 2.05) is 11.8 Å². The van der Waals surface area contributed by atoms with Crippen molar-refractivity contribution in [3.8, 4) is 11.8 Å². The summed E-state index contributed by atoms with van der Waals surface area (Å²) in [6.07, 6.45) is 3.84. The summed E-state index contributed by atoms with van der Waals surface area (Å²) in [6.45, 7) is 5.22. The van der Waals surface area contributed by atoms with E-state index < -0.39 is 0 Å². The summed E-state index contributed by atoms with van der Waals surface area (Å²) in [5.74, 6) is 6.44. The molecule has 0 aromatic heterocycles. The SMILES string of the molecule is CC1(Cl)CCCN1CC#CCN1CCCC1=O. The molecule has 0 N–H and O–H groups in total. The molecule has 2 aliphatic heterocycles. The maximum atomic E-state index is 11.4. The fourth-order valence-corrected chi connectivity index (χ4v) is 2.68. The Balaban J connectivity index is 1.77. The summed E-state index contributed by atoms with van der Waals surface area (Å²) in [7, 11) is 0. The molecule has 0 saturated carbocycles. The molecule has 4 heteroatoms. The Morgan fingerprint density at radius 2 is 2.06 bits per heavy atom.